The number of hydrogen-bond donors (Lipinski definition) is 1. The first-order valence-electron chi connectivity index (χ1n) is 12.5. The average molecular weight is 409 g/mol. The Morgan fingerprint density at radius 2 is 0.967 bits per heavy atom. The Bertz CT molecular complexity index is 624. The summed E-state index contributed by atoms with van der Waals surface area (Å²) in [5.74, 6) is 1.55. The van der Waals surface area contributed by atoms with Crippen molar-refractivity contribution in [3.8, 4) is 0 Å². The van der Waals surface area contributed by atoms with Gasteiger partial charge in [-0.2, -0.15) is 0 Å². The van der Waals surface area contributed by atoms with E-state index in [4.69, 9.17) is 0 Å². The van der Waals surface area contributed by atoms with Gasteiger partial charge in [0.05, 0.1) is 0 Å². The Labute approximate surface area is 185 Å². The molecule has 2 unspecified atom stereocenters. The van der Waals surface area contributed by atoms with Gasteiger partial charge in [0, 0.05) is 0 Å². The molecule has 0 fully saturated rings. The molecule has 166 valence electrons. The van der Waals surface area contributed by atoms with Crippen LogP contribution < -0.4 is 0 Å². The lowest BCUT2D eigenvalue weighted by Crippen LogP contribution is -2.05. The molecule has 0 bridgehead atoms. The van der Waals surface area contributed by atoms with Gasteiger partial charge in [-0.25, -0.2) is 0 Å². The Morgan fingerprint density at radius 1 is 0.600 bits per heavy atom. The first-order valence-corrected chi connectivity index (χ1v) is 12.5. The number of benzene rings is 2. The second-order valence-electron chi connectivity index (χ2n) is 9.13. The fourth-order valence-corrected chi connectivity index (χ4v) is 4.42. The standard InChI is InChI=1S/C29H44O/c1-5-9-11-23(7-3)21-25-13-17-27(18-14-25)29(30)28-19-15-26(16-20-28)22-24(8-4)12-10-6-2/h13-20,23-24,29-30H,5-12,21-22H2,1-4H3. The minimum Gasteiger partial charge on any atom is -0.384 e. The van der Waals surface area contributed by atoms with Crippen LogP contribution in [-0.2, 0) is 12.8 Å². The van der Waals surface area contributed by atoms with E-state index in [9.17, 15) is 5.11 Å². The van der Waals surface area contributed by atoms with E-state index in [1.165, 1.54) is 62.5 Å². The Morgan fingerprint density at radius 3 is 1.27 bits per heavy atom. The fourth-order valence-electron chi connectivity index (χ4n) is 4.42. The van der Waals surface area contributed by atoms with Crippen LogP contribution in [0.5, 0.6) is 0 Å². The van der Waals surface area contributed by atoms with Crippen LogP contribution >= 0.6 is 0 Å². The van der Waals surface area contributed by atoms with Gasteiger partial charge in [0.15, 0.2) is 0 Å². The van der Waals surface area contributed by atoms with Crippen molar-refractivity contribution in [2.75, 3.05) is 0 Å². The highest BCUT2D eigenvalue weighted by atomic mass is 16.3. The van der Waals surface area contributed by atoms with Crippen LogP contribution in [0, 0.1) is 11.8 Å². The van der Waals surface area contributed by atoms with E-state index in [2.05, 4.69) is 76.2 Å². The molecule has 30 heavy (non-hydrogen) atoms. The molecule has 1 heteroatoms. The van der Waals surface area contributed by atoms with Crippen LogP contribution in [0.25, 0.3) is 0 Å². The molecule has 0 saturated heterocycles. The van der Waals surface area contributed by atoms with Crippen LogP contribution in [0.4, 0.5) is 0 Å². The summed E-state index contributed by atoms with van der Waals surface area (Å²) in [6.07, 6.45) is 12.1. The molecule has 2 rings (SSSR count). The summed E-state index contributed by atoms with van der Waals surface area (Å²) >= 11 is 0. The van der Waals surface area contributed by atoms with Crippen molar-refractivity contribution in [2.45, 2.75) is 98.0 Å². The number of unbranched alkanes of at least 4 members (excludes halogenated alkanes) is 2. The quantitative estimate of drug-likeness (QED) is 0.333. The van der Waals surface area contributed by atoms with Crippen molar-refractivity contribution in [2.24, 2.45) is 11.8 Å². The van der Waals surface area contributed by atoms with Crippen molar-refractivity contribution in [1.82, 2.24) is 0 Å². The van der Waals surface area contributed by atoms with E-state index in [1.54, 1.807) is 0 Å². The molecule has 0 radical (unpaired) electrons. The van der Waals surface area contributed by atoms with E-state index in [1.807, 2.05) is 0 Å². The molecule has 0 aliphatic rings. The van der Waals surface area contributed by atoms with E-state index < -0.39 is 6.10 Å². The van der Waals surface area contributed by atoms with Gasteiger partial charge < -0.3 is 5.11 Å². The van der Waals surface area contributed by atoms with Gasteiger partial charge in [0.25, 0.3) is 0 Å². The summed E-state index contributed by atoms with van der Waals surface area (Å²) < 4.78 is 0. The SMILES string of the molecule is CCCCC(CC)Cc1ccc(C(O)c2ccc(CC(CC)CCCC)cc2)cc1. The van der Waals surface area contributed by atoms with Gasteiger partial charge in [-0.05, 0) is 46.9 Å². The van der Waals surface area contributed by atoms with Crippen molar-refractivity contribution in [3.05, 3.63) is 70.8 Å². The second-order valence-corrected chi connectivity index (χ2v) is 9.13. The number of hydrogen-bond acceptors (Lipinski definition) is 1. The van der Waals surface area contributed by atoms with E-state index in [-0.39, 0.29) is 0 Å². The first-order chi connectivity index (χ1) is 14.6. The zero-order valence-electron chi connectivity index (χ0n) is 19.9. The molecule has 2 aromatic carbocycles. The average Bonchev–Trinajstić information content (AvgIpc) is 2.79. The maximum absolute atomic E-state index is 10.9. The lowest BCUT2D eigenvalue weighted by Gasteiger charge is -2.17. The maximum Gasteiger partial charge on any atom is 0.104 e. The number of rotatable bonds is 14. The van der Waals surface area contributed by atoms with E-state index in [0.717, 1.165) is 35.8 Å². The highest BCUT2D eigenvalue weighted by Crippen LogP contribution is 2.26. The highest BCUT2D eigenvalue weighted by molar-refractivity contribution is 5.33. The van der Waals surface area contributed by atoms with Crippen LogP contribution in [0.1, 0.15) is 107 Å². The van der Waals surface area contributed by atoms with Crippen LogP contribution in [0.3, 0.4) is 0 Å². The first kappa shape index (κ1) is 24.7. The normalized spacial score (nSPS) is 14.4. The van der Waals surface area contributed by atoms with Gasteiger partial charge in [0.2, 0.25) is 0 Å². The maximum atomic E-state index is 10.9. The van der Waals surface area contributed by atoms with Crippen LogP contribution in [0.15, 0.2) is 48.5 Å². The van der Waals surface area contributed by atoms with Crippen LogP contribution in [0.2, 0.25) is 0 Å². The van der Waals surface area contributed by atoms with Crippen molar-refractivity contribution < 1.29 is 5.11 Å². The van der Waals surface area contributed by atoms with Gasteiger partial charge in [-0.1, -0.05) is 128 Å². The topological polar surface area (TPSA) is 20.2 Å². The monoisotopic (exact) mass is 408 g/mol. The Kier molecular flexibility index (Phi) is 11.2. The summed E-state index contributed by atoms with van der Waals surface area (Å²) in [5.41, 5.74) is 4.76. The lowest BCUT2D eigenvalue weighted by atomic mass is 9.90. The minimum atomic E-state index is -0.544. The number of aliphatic hydroxyl groups excluding tert-OH is 1. The fraction of sp³-hybridized carbons (Fsp3) is 0.586. The zero-order chi connectivity index (χ0) is 21.8. The summed E-state index contributed by atoms with van der Waals surface area (Å²) in [6, 6.07) is 17.3. The van der Waals surface area contributed by atoms with Gasteiger partial charge in [-0.15, -0.1) is 0 Å². The third kappa shape index (κ3) is 7.91. The molecule has 0 aliphatic carbocycles. The third-order valence-electron chi connectivity index (χ3n) is 6.73. The molecular weight excluding hydrogens is 364 g/mol. The second kappa shape index (κ2) is 13.7. The van der Waals surface area contributed by atoms with Gasteiger partial charge in [0.1, 0.15) is 6.10 Å². The summed E-state index contributed by atoms with van der Waals surface area (Å²) in [5, 5.41) is 10.9. The molecule has 1 nitrogen and oxygen atoms in total. The van der Waals surface area contributed by atoms with Gasteiger partial charge in [-0.3, -0.25) is 0 Å². The van der Waals surface area contributed by atoms with Gasteiger partial charge >= 0.3 is 0 Å². The molecule has 1 N–H and O–H groups in total. The predicted molar refractivity (Wildman–Crippen MR) is 131 cm³/mol. The molecule has 0 heterocycles. The molecule has 0 saturated carbocycles. The zero-order valence-corrected chi connectivity index (χ0v) is 19.9. The van der Waals surface area contributed by atoms with Crippen molar-refractivity contribution in [1.29, 1.82) is 0 Å². The molecule has 2 atom stereocenters. The Balaban J connectivity index is 1.96. The predicted octanol–water partition coefficient (Wildman–Crippen LogP) is 8.29. The Hall–Kier alpha value is -1.60. The molecular formula is C29H44O. The van der Waals surface area contributed by atoms with E-state index >= 15 is 0 Å². The molecule has 0 spiro atoms. The summed E-state index contributed by atoms with van der Waals surface area (Å²) in [6.45, 7) is 9.14. The summed E-state index contributed by atoms with van der Waals surface area (Å²) in [7, 11) is 0. The smallest absolute Gasteiger partial charge is 0.104 e. The molecule has 0 aromatic heterocycles. The third-order valence-corrected chi connectivity index (χ3v) is 6.73. The van der Waals surface area contributed by atoms with Crippen molar-refractivity contribution in [3.63, 3.8) is 0 Å². The number of aliphatic hydroxyl groups is 1. The minimum absolute atomic E-state index is 0.544. The van der Waals surface area contributed by atoms with E-state index in [0.29, 0.717) is 0 Å². The van der Waals surface area contributed by atoms with Crippen LogP contribution in [-0.4, -0.2) is 5.11 Å². The molecule has 2 aromatic rings. The highest BCUT2D eigenvalue weighted by Gasteiger charge is 2.13. The van der Waals surface area contributed by atoms with Crippen molar-refractivity contribution >= 4 is 0 Å². The lowest BCUT2D eigenvalue weighted by molar-refractivity contribution is 0.220. The molecule has 0 amide bonds. The molecule has 0 aliphatic heterocycles. The summed E-state index contributed by atoms with van der Waals surface area (Å²) in [4.78, 5) is 0. The largest absolute Gasteiger partial charge is 0.384 e.